The molecule has 2 saturated heterocycles. The van der Waals surface area contributed by atoms with E-state index in [2.05, 4.69) is 20.5 Å². The van der Waals surface area contributed by atoms with E-state index >= 15 is 0 Å². The fourth-order valence-electron chi connectivity index (χ4n) is 3.29. The monoisotopic (exact) mass is 282 g/mol. The first-order valence-electron chi connectivity index (χ1n) is 7.21. The third-order valence-electron chi connectivity index (χ3n) is 4.33. The lowest BCUT2D eigenvalue weighted by molar-refractivity contribution is 0.188. The molecule has 2 unspecified atom stereocenters. The van der Waals surface area contributed by atoms with Gasteiger partial charge in [0.15, 0.2) is 23.3 Å². The molecule has 2 aliphatic rings. The van der Waals surface area contributed by atoms with Gasteiger partial charge in [0.1, 0.15) is 0 Å². The number of pyridine rings is 1. The van der Waals surface area contributed by atoms with Crippen molar-refractivity contribution in [2.75, 3.05) is 30.8 Å². The predicted octanol–water partition coefficient (Wildman–Crippen LogP) is 2.44. The van der Waals surface area contributed by atoms with Gasteiger partial charge in [-0.3, -0.25) is 0 Å². The Bertz CT molecular complexity index is 494. The van der Waals surface area contributed by atoms with Crippen molar-refractivity contribution in [1.29, 1.82) is 0 Å². The average Bonchev–Trinajstić information content (AvgIpc) is 2.89. The first-order valence-corrected chi connectivity index (χ1v) is 7.21. The summed E-state index contributed by atoms with van der Waals surface area (Å²) < 4.78 is 27.2. The summed E-state index contributed by atoms with van der Waals surface area (Å²) in [6.45, 7) is 2.23. The van der Waals surface area contributed by atoms with E-state index in [9.17, 15) is 8.78 Å². The van der Waals surface area contributed by atoms with Gasteiger partial charge in [-0.05, 0) is 32.2 Å². The number of rotatable bonds is 3. The molecule has 2 atom stereocenters. The number of piperidine rings is 1. The number of nitrogens with one attached hydrogen (secondary N) is 2. The fourth-order valence-corrected chi connectivity index (χ4v) is 3.29. The zero-order valence-electron chi connectivity index (χ0n) is 11.6. The lowest BCUT2D eigenvalue weighted by Crippen LogP contribution is -2.43. The molecule has 0 aliphatic carbocycles. The van der Waals surface area contributed by atoms with Crippen LogP contribution in [-0.4, -0.2) is 42.1 Å². The Balaban J connectivity index is 1.71. The minimum atomic E-state index is -0.666. The van der Waals surface area contributed by atoms with Gasteiger partial charge in [-0.2, -0.15) is 0 Å². The quantitative estimate of drug-likeness (QED) is 0.893. The Kier molecular flexibility index (Phi) is 3.74. The van der Waals surface area contributed by atoms with E-state index in [-0.39, 0.29) is 17.7 Å². The van der Waals surface area contributed by atoms with E-state index in [0.29, 0.717) is 6.04 Å². The average molecular weight is 282 g/mol. The number of hydrogen-bond acceptors (Lipinski definition) is 4. The van der Waals surface area contributed by atoms with E-state index < -0.39 is 11.6 Å². The van der Waals surface area contributed by atoms with Crippen LogP contribution in [0, 0.1) is 11.6 Å². The first-order chi connectivity index (χ1) is 9.67. The number of nitrogens with zero attached hydrogens (tertiary/aromatic N) is 2. The van der Waals surface area contributed by atoms with Crippen LogP contribution >= 0.6 is 0 Å². The number of fused-ring (bicyclic) bond motifs is 1. The van der Waals surface area contributed by atoms with Gasteiger partial charge in [-0.1, -0.05) is 0 Å². The molecule has 2 fully saturated rings. The smallest absolute Gasteiger partial charge is 0.168 e. The van der Waals surface area contributed by atoms with Crippen LogP contribution in [-0.2, 0) is 0 Å². The molecule has 0 spiro atoms. The highest BCUT2D eigenvalue weighted by Crippen LogP contribution is 2.29. The van der Waals surface area contributed by atoms with Crippen molar-refractivity contribution in [3.8, 4) is 0 Å². The molecule has 3 heterocycles. The molecular weight excluding hydrogens is 262 g/mol. The Morgan fingerprint density at radius 1 is 1.20 bits per heavy atom. The molecule has 1 aromatic heterocycles. The molecule has 20 heavy (non-hydrogen) atoms. The maximum absolute atomic E-state index is 13.8. The second kappa shape index (κ2) is 5.52. The maximum atomic E-state index is 13.8. The van der Waals surface area contributed by atoms with E-state index in [1.807, 2.05) is 0 Å². The summed E-state index contributed by atoms with van der Waals surface area (Å²) in [6.07, 6.45) is 4.46. The molecular formula is C14H20F2N4. The van der Waals surface area contributed by atoms with E-state index in [1.54, 1.807) is 7.05 Å². The van der Waals surface area contributed by atoms with Crippen molar-refractivity contribution in [1.82, 2.24) is 9.88 Å². The Morgan fingerprint density at radius 3 is 2.80 bits per heavy atom. The lowest BCUT2D eigenvalue weighted by atomic mass is 9.97. The van der Waals surface area contributed by atoms with E-state index in [4.69, 9.17) is 0 Å². The summed E-state index contributed by atoms with van der Waals surface area (Å²) in [6, 6.07) is 1.70. The van der Waals surface area contributed by atoms with Crippen LogP contribution in [0.5, 0.6) is 0 Å². The molecule has 6 heteroatoms. The van der Waals surface area contributed by atoms with Gasteiger partial charge in [0.2, 0.25) is 0 Å². The highest BCUT2D eigenvalue weighted by Gasteiger charge is 2.32. The second-order valence-corrected chi connectivity index (χ2v) is 5.60. The normalized spacial score (nSPS) is 26.4. The van der Waals surface area contributed by atoms with Gasteiger partial charge < -0.3 is 15.5 Å². The summed E-state index contributed by atoms with van der Waals surface area (Å²) in [7, 11) is 1.57. The summed E-state index contributed by atoms with van der Waals surface area (Å²) in [4.78, 5) is 6.49. The topological polar surface area (TPSA) is 40.2 Å². The van der Waals surface area contributed by atoms with Crippen molar-refractivity contribution in [2.45, 2.75) is 37.8 Å². The highest BCUT2D eigenvalue weighted by atomic mass is 19.1. The third-order valence-corrected chi connectivity index (χ3v) is 4.33. The molecule has 3 rings (SSSR count). The second-order valence-electron chi connectivity index (χ2n) is 5.60. The van der Waals surface area contributed by atoms with Gasteiger partial charge >= 0.3 is 0 Å². The Hall–Kier alpha value is -1.43. The zero-order chi connectivity index (χ0) is 14.1. The van der Waals surface area contributed by atoms with E-state index in [0.717, 1.165) is 25.5 Å². The van der Waals surface area contributed by atoms with Gasteiger partial charge in [0.05, 0.1) is 0 Å². The van der Waals surface area contributed by atoms with Gasteiger partial charge in [-0.25, -0.2) is 13.8 Å². The molecule has 2 aliphatic heterocycles. The summed E-state index contributed by atoms with van der Waals surface area (Å²) in [5, 5.41) is 5.78. The number of aromatic nitrogens is 1. The van der Waals surface area contributed by atoms with Crippen molar-refractivity contribution in [3.63, 3.8) is 0 Å². The van der Waals surface area contributed by atoms with Crippen molar-refractivity contribution < 1.29 is 8.78 Å². The standard InChI is InChI=1S/C14H20F2N4/c1-17-13-11(15)8-12(16)14(19-13)18-9-4-6-20-5-2-3-10(20)7-9/h8-10H,2-7H2,1H3,(H2,17,18,19). The van der Waals surface area contributed by atoms with E-state index in [1.165, 1.54) is 19.4 Å². The first kappa shape index (κ1) is 13.5. The number of halogens is 2. The minimum Gasteiger partial charge on any atom is -0.371 e. The van der Waals surface area contributed by atoms with Crippen molar-refractivity contribution in [3.05, 3.63) is 17.7 Å². The van der Waals surface area contributed by atoms with Gasteiger partial charge in [-0.15, -0.1) is 0 Å². The van der Waals surface area contributed by atoms with Gasteiger partial charge in [0.25, 0.3) is 0 Å². The summed E-state index contributed by atoms with van der Waals surface area (Å²) >= 11 is 0. The molecule has 1 aromatic rings. The van der Waals surface area contributed by atoms with Gasteiger partial charge in [0, 0.05) is 31.7 Å². The number of hydrogen-bond donors (Lipinski definition) is 2. The molecule has 110 valence electrons. The maximum Gasteiger partial charge on any atom is 0.168 e. The predicted molar refractivity (Wildman–Crippen MR) is 74.9 cm³/mol. The summed E-state index contributed by atoms with van der Waals surface area (Å²) in [5.74, 6) is -1.07. The minimum absolute atomic E-state index is 0.0761. The molecule has 0 amide bonds. The Morgan fingerprint density at radius 2 is 2.00 bits per heavy atom. The molecule has 0 saturated carbocycles. The fraction of sp³-hybridized carbons (Fsp3) is 0.643. The largest absolute Gasteiger partial charge is 0.371 e. The molecule has 0 radical (unpaired) electrons. The van der Waals surface area contributed by atoms with Crippen LogP contribution in [0.2, 0.25) is 0 Å². The van der Waals surface area contributed by atoms with Crippen LogP contribution in [0.3, 0.4) is 0 Å². The Labute approximate surface area is 117 Å². The highest BCUT2D eigenvalue weighted by molar-refractivity contribution is 5.47. The van der Waals surface area contributed by atoms with Crippen LogP contribution < -0.4 is 10.6 Å². The van der Waals surface area contributed by atoms with Crippen LogP contribution in [0.15, 0.2) is 6.07 Å². The van der Waals surface area contributed by atoms with Crippen molar-refractivity contribution >= 4 is 11.6 Å². The summed E-state index contributed by atoms with van der Waals surface area (Å²) in [5.41, 5.74) is 0. The number of anilines is 2. The SMILES string of the molecule is CNc1nc(NC2CCN3CCCC3C2)c(F)cc1F. The van der Waals surface area contributed by atoms with Crippen molar-refractivity contribution in [2.24, 2.45) is 0 Å². The third kappa shape index (κ3) is 2.57. The molecule has 0 aromatic carbocycles. The molecule has 0 bridgehead atoms. The molecule has 4 nitrogen and oxygen atoms in total. The zero-order valence-corrected chi connectivity index (χ0v) is 11.6. The van der Waals surface area contributed by atoms with Crippen LogP contribution in [0.25, 0.3) is 0 Å². The molecule has 2 N–H and O–H groups in total. The lowest BCUT2D eigenvalue weighted by Gasteiger charge is -2.35. The van der Waals surface area contributed by atoms with Crippen LogP contribution in [0.4, 0.5) is 20.4 Å². The van der Waals surface area contributed by atoms with Crippen LogP contribution in [0.1, 0.15) is 25.7 Å².